The highest BCUT2D eigenvalue weighted by Gasteiger charge is 2.34. The van der Waals surface area contributed by atoms with E-state index in [-0.39, 0.29) is 6.04 Å². The Bertz CT molecular complexity index is 267. The van der Waals surface area contributed by atoms with E-state index >= 15 is 0 Å². The van der Waals surface area contributed by atoms with Gasteiger partial charge >= 0.3 is 0 Å². The maximum atomic E-state index is 12.4. The average Bonchev–Trinajstić information content (AvgIpc) is 2.78. The number of nitrogens with zero attached hydrogens (tertiary/aromatic N) is 1. The Balaban J connectivity index is 1.87. The lowest BCUT2D eigenvalue weighted by atomic mass is 9.92. The molecule has 0 aromatic heterocycles. The van der Waals surface area contributed by atoms with Crippen molar-refractivity contribution in [2.24, 2.45) is 11.8 Å². The molecule has 0 aromatic rings. The van der Waals surface area contributed by atoms with Crippen molar-refractivity contribution in [3.8, 4) is 0 Å². The molecule has 1 amide bonds. The van der Waals surface area contributed by atoms with Crippen molar-refractivity contribution >= 4 is 5.91 Å². The summed E-state index contributed by atoms with van der Waals surface area (Å²) in [5, 5.41) is 3.40. The molecule has 98 valence electrons. The van der Waals surface area contributed by atoms with Gasteiger partial charge in [0, 0.05) is 13.1 Å². The van der Waals surface area contributed by atoms with Gasteiger partial charge in [0.2, 0.25) is 5.91 Å². The van der Waals surface area contributed by atoms with Crippen molar-refractivity contribution in [1.82, 2.24) is 10.2 Å². The molecule has 3 nitrogen and oxygen atoms in total. The van der Waals surface area contributed by atoms with Gasteiger partial charge in [-0.25, -0.2) is 0 Å². The fraction of sp³-hybridized carbons (Fsp3) is 0.929. The zero-order chi connectivity index (χ0) is 12.3. The summed E-state index contributed by atoms with van der Waals surface area (Å²) in [7, 11) is 0. The predicted molar refractivity (Wildman–Crippen MR) is 69.8 cm³/mol. The number of piperidine rings is 1. The second kappa shape index (κ2) is 5.85. The van der Waals surface area contributed by atoms with E-state index < -0.39 is 0 Å². The lowest BCUT2D eigenvalue weighted by Gasteiger charge is -2.32. The van der Waals surface area contributed by atoms with E-state index in [1.165, 1.54) is 32.1 Å². The van der Waals surface area contributed by atoms with Gasteiger partial charge in [0.05, 0.1) is 6.04 Å². The number of carbonyl (C=O) groups is 1. The van der Waals surface area contributed by atoms with Crippen molar-refractivity contribution in [1.29, 1.82) is 0 Å². The van der Waals surface area contributed by atoms with E-state index in [1.54, 1.807) is 0 Å². The highest BCUT2D eigenvalue weighted by molar-refractivity contribution is 5.82. The Kier molecular flexibility index (Phi) is 4.43. The maximum absolute atomic E-state index is 12.4. The molecule has 2 rings (SSSR count). The Morgan fingerprint density at radius 2 is 2.24 bits per heavy atom. The molecule has 0 saturated carbocycles. The molecule has 2 saturated heterocycles. The highest BCUT2D eigenvalue weighted by Crippen LogP contribution is 2.24. The molecule has 2 fully saturated rings. The first-order chi connectivity index (χ1) is 8.22. The Labute approximate surface area is 105 Å². The molecule has 3 unspecified atom stereocenters. The third-order valence-electron chi connectivity index (χ3n) is 4.33. The SMILES string of the molecule is CCCC1CCN(C(=O)C2NCCCC2C)C1. The fourth-order valence-electron chi connectivity index (χ4n) is 3.25. The van der Waals surface area contributed by atoms with Gasteiger partial charge < -0.3 is 10.2 Å². The molecular formula is C14H26N2O. The second-order valence-electron chi connectivity index (χ2n) is 5.78. The number of hydrogen-bond donors (Lipinski definition) is 1. The first-order valence-corrected chi connectivity index (χ1v) is 7.24. The van der Waals surface area contributed by atoms with E-state index in [2.05, 4.69) is 24.1 Å². The molecule has 3 atom stereocenters. The van der Waals surface area contributed by atoms with Gasteiger partial charge in [0.15, 0.2) is 0 Å². The highest BCUT2D eigenvalue weighted by atomic mass is 16.2. The maximum Gasteiger partial charge on any atom is 0.239 e. The summed E-state index contributed by atoms with van der Waals surface area (Å²) in [5.74, 6) is 1.61. The van der Waals surface area contributed by atoms with Crippen LogP contribution in [0.2, 0.25) is 0 Å². The van der Waals surface area contributed by atoms with Crippen LogP contribution in [0.4, 0.5) is 0 Å². The molecule has 17 heavy (non-hydrogen) atoms. The Morgan fingerprint density at radius 1 is 1.41 bits per heavy atom. The molecule has 2 aliphatic rings. The minimum absolute atomic E-state index is 0.0872. The minimum atomic E-state index is 0.0872. The largest absolute Gasteiger partial charge is 0.341 e. The topological polar surface area (TPSA) is 32.3 Å². The third kappa shape index (κ3) is 3.01. The number of hydrogen-bond acceptors (Lipinski definition) is 2. The first-order valence-electron chi connectivity index (χ1n) is 7.24. The molecule has 2 aliphatic heterocycles. The number of rotatable bonds is 3. The van der Waals surface area contributed by atoms with Gasteiger partial charge in [0.1, 0.15) is 0 Å². The molecule has 0 radical (unpaired) electrons. The molecule has 0 aliphatic carbocycles. The molecule has 2 heterocycles. The normalized spacial score (nSPS) is 34.0. The zero-order valence-corrected chi connectivity index (χ0v) is 11.2. The number of likely N-dealkylation sites (tertiary alicyclic amines) is 1. The van der Waals surface area contributed by atoms with Gasteiger partial charge in [-0.2, -0.15) is 0 Å². The molecule has 3 heteroatoms. The summed E-state index contributed by atoms with van der Waals surface area (Å²) in [6.07, 6.45) is 6.13. The van der Waals surface area contributed by atoms with Crippen molar-refractivity contribution in [2.45, 2.75) is 52.0 Å². The quantitative estimate of drug-likeness (QED) is 0.816. The third-order valence-corrected chi connectivity index (χ3v) is 4.33. The molecular weight excluding hydrogens is 212 g/mol. The summed E-state index contributed by atoms with van der Waals surface area (Å²) in [6, 6.07) is 0.0872. The van der Waals surface area contributed by atoms with Gasteiger partial charge in [-0.1, -0.05) is 20.3 Å². The van der Waals surface area contributed by atoms with Crippen LogP contribution in [0.3, 0.4) is 0 Å². The van der Waals surface area contributed by atoms with Crippen LogP contribution in [0.25, 0.3) is 0 Å². The number of nitrogens with one attached hydrogen (secondary N) is 1. The minimum Gasteiger partial charge on any atom is -0.341 e. The van der Waals surface area contributed by atoms with Crippen molar-refractivity contribution < 1.29 is 4.79 Å². The monoisotopic (exact) mass is 238 g/mol. The van der Waals surface area contributed by atoms with Crippen molar-refractivity contribution in [2.75, 3.05) is 19.6 Å². The van der Waals surface area contributed by atoms with Gasteiger partial charge in [-0.05, 0) is 44.1 Å². The van der Waals surface area contributed by atoms with Crippen LogP contribution in [-0.2, 0) is 4.79 Å². The van der Waals surface area contributed by atoms with Crippen LogP contribution in [0, 0.1) is 11.8 Å². The average molecular weight is 238 g/mol. The predicted octanol–water partition coefficient (Wildman–Crippen LogP) is 2.02. The Hall–Kier alpha value is -0.570. The number of amides is 1. The van der Waals surface area contributed by atoms with E-state index in [9.17, 15) is 4.79 Å². The summed E-state index contributed by atoms with van der Waals surface area (Å²) in [4.78, 5) is 14.5. The summed E-state index contributed by atoms with van der Waals surface area (Å²) >= 11 is 0. The van der Waals surface area contributed by atoms with Gasteiger partial charge in [-0.15, -0.1) is 0 Å². The fourth-order valence-corrected chi connectivity index (χ4v) is 3.25. The van der Waals surface area contributed by atoms with Crippen LogP contribution in [0.15, 0.2) is 0 Å². The molecule has 1 N–H and O–H groups in total. The van der Waals surface area contributed by atoms with E-state index in [0.717, 1.165) is 25.6 Å². The van der Waals surface area contributed by atoms with E-state index in [4.69, 9.17) is 0 Å². The van der Waals surface area contributed by atoms with Crippen LogP contribution in [0.1, 0.15) is 46.0 Å². The second-order valence-corrected chi connectivity index (χ2v) is 5.78. The van der Waals surface area contributed by atoms with Crippen LogP contribution >= 0.6 is 0 Å². The van der Waals surface area contributed by atoms with Crippen LogP contribution in [0.5, 0.6) is 0 Å². The van der Waals surface area contributed by atoms with Crippen molar-refractivity contribution in [3.05, 3.63) is 0 Å². The first kappa shape index (κ1) is 12.9. The summed E-state index contributed by atoms with van der Waals surface area (Å²) < 4.78 is 0. The van der Waals surface area contributed by atoms with Crippen LogP contribution < -0.4 is 5.32 Å². The van der Waals surface area contributed by atoms with Gasteiger partial charge in [0.25, 0.3) is 0 Å². The lowest BCUT2D eigenvalue weighted by molar-refractivity contribution is -0.134. The Morgan fingerprint density at radius 3 is 2.94 bits per heavy atom. The molecule has 0 aromatic carbocycles. The molecule has 0 bridgehead atoms. The zero-order valence-electron chi connectivity index (χ0n) is 11.2. The van der Waals surface area contributed by atoms with Crippen molar-refractivity contribution in [3.63, 3.8) is 0 Å². The lowest BCUT2D eigenvalue weighted by Crippen LogP contribution is -2.51. The standard InChI is InChI=1S/C14H26N2O/c1-3-5-12-7-9-16(10-12)14(17)13-11(2)6-4-8-15-13/h11-13,15H,3-10H2,1-2H3. The smallest absolute Gasteiger partial charge is 0.239 e. The van der Waals surface area contributed by atoms with Gasteiger partial charge in [-0.3, -0.25) is 4.79 Å². The van der Waals surface area contributed by atoms with Crippen LogP contribution in [-0.4, -0.2) is 36.5 Å². The van der Waals surface area contributed by atoms with E-state index in [1.807, 2.05) is 0 Å². The summed E-state index contributed by atoms with van der Waals surface area (Å²) in [5.41, 5.74) is 0. The number of carbonyl (C=O) groups excluding carboxylic acids is 1. The van der Waals surface area contributed by atoms with E-state index in [0.29, 0.717) is 11.8 Å². The molecule has 0 spiro atoms. The summed E-state index contributed by atoms with van der Waals surface area (Å²) in [6.45, 7) is 7.42.